The monoisotopic (exact) mass is 236 g/mol. The number of aryl methyl sites for hydroxylation is 2. The van der Waals surface area contributed by atoms with Crippen LogP contribution < -0.4 is 5.73 Å². The van der Waals surface area contributed by atoms with Crippen molar-refractivity contribution >= 4 is 22.5 Å². The molecule has 0 fully saturated rings. The van der Waals surface area contributed by atoms with E-state index in [-0.39, 0.29) is 6.04 Å². The third-order valence-corrected chi connectivity index (χ3v) is 3.39. The number of nitrogens with two attached hydrogens (primary N) is 1. The molecule has 0 aliphatic rings. The highest BCUT2D eigenvalue weighted by Crippen LogP contribution is 2.30. The van der Waals surface area contributed by atoms with Crippen molar-refractivity contribution < 1.29 is 0 Å². The lowest BCUT2D eigenvalue weighted by atomic mass is 10.1. The summed E-state index contributed by atoms with van der Waals surface area (Å²) in [6.45, 7) is 4.10. The second-order valence-electron chi connectivity index (χ2n) is 4.53. The van der Waals surface area contributed by atoms with Gasteiger partial charge in [0.2, 0.25) is 0 Å². The summed E-state index contributed by atoms with van der Waals surface area (Å²) in [6, 6.07) is 6.53. The Bertz CT molecular complexity index is 526. The average Bonchev–Trinajstić information content (AvgIpc) is 2.43. The van der Waals surface area contributed by atoms with Gasteiger partial charge in [0.15, 0.2) is 0 Å². The van der Waals surface area contributed by atoms with Crippen LogP contribution >= 0.6 is 11.6 Å². The second-order valence-corrected chi connectivity index (χ2v) is 4.89. The predicted octanol–water partition coefficient (Wildman–Crippen LogP) is 3.03. The molecule has 1 atom stereocenters. The van der Waals surface area contributed by atoms with Gasteiger partial charge in [-0.3, -0.25) is 0 Å². The Balaban J connectivity index is 2.70. The number of fused-ring (bicyclic) bond motifs is 1. The maximum absolute atomic E-state index is 6.34. The van der Waals surface area contributed by atoms with Gasteiger partial charge in [-0.05, 0) is 38.0 Å². The number of halogens is 1. The molecular formula is C13H17ClN2. The zero-order valence-electron chi connectivity index (χ0n) is 9.92. The Morgan fingerprint density at radius 1 is 1.44 bits per heavy atom. The van der Waals surface area contributed by atoms with Gasteiger partial charge in [-0.15, -0.1) is 0 Å². The summed E-state index contributed by atoms with van der Waals surface area (Å²) < 4.78 is 2.02. The minimum absolute atomic E-state index is 0.128. The molecule has 1 heterocycles. The largest absolute Gasteiger partial charge is 0.335 e. The van der Waals surface area contributed by atoms with Crippen molar-refractivity contribution in [2.75, 3.05) is 0 Å². The lowest BCUT2D eigenvalue weighted by Gasteiger charge is -2.04. The van der Waals surface area contributed by atoms with E-state index in [2.05, 4.69) is 25.1 Å². The molecule has 0 radical (unpaired) electrons. The first-order valence-electron chi connectivity index (χ1n) is 5.49. The topological polar surface area (TPSA) is 30.9 Å². The van der Waals surface area contributed by atoms with Crippen LogP contribution in [0.1, 0.15) is 18.1 Å². The van der Waals surface area contributed by atoms with E-state index >= 15 is 0 Å². The quantitative estimate of drug-likeness (QED) is 0.854. The first kappa shape index (κ1) is 11.5. The number of nitrogens with zero attached hydrogens (tertiary/aromatic N) is 1. The van der Waals surface area contributed by atoms with Gasteiger partial charge >= 0.3 is 0 Å². The number of hydrogen-bond donors (Lipinski definition) is 1. The van der Waals surface area contributed by atoms with Crippen LogP contribution in [0.2, 0.25) is 5.15 Å². The van der Waals surface area contributed by atoms with Crippen LogP contribution in [0, 0.1) is 6.92 Å². The summed E-state index contributed by atoms with van der Waals surface area (Å²) in [5, 5.41) is 2.03. The molecule has 2 rings (SSSR count). The molecule has 2 aromatic rings. The molecule has 0 aliphatic heterocycles. The second kappa shape index (κ2) is 4.11. The summed E-state index contributed by atoms with van der Waals surface area (Å²) >= 11 is 6.34. The minimum atomic E-state index is 0.128. The highest BCUT2D eigenvalue weighted by molar-refractivity contribution is 6.32. The third kappa shape index (κ3) is 1.83. The van der Waals surface area contributed by atoms with E-state index in [9.17, 15) is 0 Å². The van der Waals surface area contributed by atoms with Gasteiger partial charge in [-0.2, -0.15) is 0 Å². The highest BCUT2D eigenvalue weighted by Gasteiger charge is 2.14. The molecular weight excluding hydrogens is 220 g/mol. The summed E-state index contributed by atoms with van der Waals surface area (Å²) in [5.74, 6) is 0. The number of hydrogen-bond acceptors (Lipinski definition) is 1. The number of aromatic nitrogens is 1. The summed E-state index contributed by atoms with van der Waals surface area (Å²) in [4.78, 5) is 0. The van der Waals surface area contributed by atoms with Gasteiger partial charge in [0.25, 0.3) is 0 Å². The van der Waals surface area contributed by atoms with Crippen LogP contribution in [0.15, 0.2) is 18.2 Å². The average molecular weight is 237 g/mol. The first-order chi connectivity index (χ1) is 7.50. The van der Waals surface area contributed by atoms with Crippen molar-refractivity contribution in [3.05, 3.63) is 34.5 Å². The molecule has 0 aliphatic carbocycles. The van der Waals surface area contributed by atoms with E-state index in [4.69, 9.17) is 17.3 Å². The summed E-state index contributed by atoms with van der Waals surface area (Å²) in [6.07, 6.45) is 0.819. The highest BCUT2D eigenvalue weighted by atomic mass is 35.5. The van der Waals surface area contributed by atoms with E-state index in [0.29, 0.717) is 0 Å². The van der Waals surface area contributed by atoms with Crippen molar-refractivity contribution in [3.8, 4) is 0 Å². The van der Waals surface area contributed by atoms with E-state index in [1.54, 1.807) is 0 Å². The normalized spacial score (nSPS) is 13.3. The molecule has 0 spiro atoms. The molecule has 0 saturated carbocycles. The van der Waals surface area contributed by atoms with Crippen molar-refractivity contribution in [2.45, 2.75) is 26.3 Å². The van der Waals surface area contributed by atoms with Crippen molar-refractivity contribution in [1.82, 2.24) is 4.57 Å². The van der Waals surface area contributed by atoms with Gasteiger partial charge < -0.3 is 10.3 Å². The van der Waals surface area contributed by atoms with Gasteiger partial charge in [-0.1, -0.05) is 23.2 Å². The Morgan fingerprint density at radius 2 is 2.12 bits per heavy atom. The van der Waals surface area contributed by atoms with Gasteiger partial charge in [-0.25, -0.2) is 0 Å². The van der Waals surface area contributed by atoms with Crippen LogP contribution in [0.3, 0.4) is 0 Å². The molecule has 0 saturated heterocycles. The Kier molecular flexibility index (Phi) is 2.96. The first-order valence-corrected chi connectivity index (χ1v) is 5.87. The maximum Gasteiger partial charge on any atom is 0.113 e. The molecule has 1 aromatic carbocycles. The molecule has 86 valence electrons. The zero-order chi connectivity index (χ0) is 11.9. The summed E-state index contributed by atoms with van der Waals surface area (Å²) in [7, 11) is 1.99. The van der Waals surface area contributed by atoms with E-state index in [0.717, 1.165) is 17.1 Å². The lowest BCUT2D eigenvalue weighted by molar-refractivity contribution is 0.739. The van der Waals surface area contributed by atoms with E-state index in [1.807, 2.05) is 18.5 Å². The Labute approximate surface area is 101 Å². The van der Waals surface area contributed by atoms with Crippen molar-refractivity contribution in [1.29, 1.82) is 0 Å². The molecule has 3 heteroatoms. The fourth-order valence-corrected chi connectivity index (χ4v) is 2.39. The van der Waals surface area contributed by atoms with Crippen LogP contribution in [-0.2, 0) is 13.5 Å². The van der Waals surface area contributed by atoms with Crippen molar-refractivity contribution in [2.24, 2.45) is 12.8 Å². The Morgan fingerprint density at radius 3 is 2.75 bits per heavy atom. The number of benzene rings is 1. The minimum Gasteiger partial charge on any atom is -0.335 e. The number of rotatable bonds is 2. The lowest BCUT2D eigenvalue weighted by Crippen LogP contribution is -2.17. The van der Waals surface area contributed by atoms with Gasteiger partial charge in [0.05, 0.1) is 0 Å². The molecule has 0 amide bonds. The molecule has 1 unspecified atom stereocenters. The van der Waals surface area contributed by atoms with E-state index < -0.39 is 0 Å². The van der Waals surface area contributed by atoms with Gasteiger partial charge in [0.1, 0.15) is 5.15 Å². The maximum atomic E-state index is 6.34. The predicted molar refractivity (Wildman–Crippen MR) is 70.0 cm³/mol. The van der Waals surface area contributed by atoms with Crippen LogP contribution in [0.25, 0.3) is 10.9 Å². The fourth-order valence-electron chi connectivity index (χ4n) is 2.12. The molecule has 16 heavy (non-hydrogen) atoms. The summed E-state index contributed by atoms with van der Waals surface area (Å²) in [5.41, 5.74) is 9.45. The van der Waals surface area contributed by atoms with Crippen LogP contribution in [0.4, 0.5) is 0 Å². The van der Waals surface area contributed by atoms with Gasteiger partial charge in [0, 0.05) is 24.0 Å². The molecule has 2 N–H and O–H groups in total. The SMILES string of the molecule is Cc1ccc2c(c1)c(CC(C)N)c(Cl)n2C. The smallest absolute Gasteiger partial charge is 0.113 e. The third-order valence-electron chi connectivity index (χ3n) is 2.91. The van der Waals surface area contributed by atoms with E-state index in [1.165, 1.54) is 16.5 Å². The molecule has 2 nitrogen and oxygen atoms in total. The standard InChI is InChI=1S/C13H17ClN2/c1-8-4-5-12-10(6-8)11(7-9(2)15)13(14)16(12)3/h4-6,9H,7,15H2,1-3H3. The molecule has 0 bridgehead atoms. The fraction of sp³-hybridized carbons (Fsp3) is 0.385. The van der Waals surface area contributed by atoms with Crippen LogP contribution in [0.5, 0.6) is 0 Å². The van der Waals surface area contributed by atoms with Crippen molar-refractivity contribution in [3.63, 3.8) is 0 Å². The Hall–Kier alpha value is -0.990. The molecule has 1 aromatic heterocycles. The van der Waals surface area contributed by atoms with Crippen LogP contribution in [-0.4, -0.2) is 10.6 Å². The zero-order valence-corrected chi connectivity index (χ0v) is 10.7.